The van der Waals surface area contributed by atoms with Gasteiger partial charge in [-0.25, -0.2) is 0 Å². The summed E-state index contributed by atoms with van der Waals surface area (Å²) < 4.78 is 7.28. The normalized spacial score (nSPS) is 11.1. The molecule has 19 heavy (non-hydrogen) atoms. The number of carbonyl (C=O) groups is 1. The first-order chi connectivity index (χ1) is 8.97. The number of hydrogen-bond donors (Lipinski definition) is 1. The van der Waals surface area contributed by atoms with E-state index in [9.17, 15) is 4.79 Å². The molecule has 1 amide bonds. The van der Waals surface area contributed by atoms with E-state index in [1.54, 1.807) is 0 Å². The van der Waals surface area contributed by atoms with Crippen LogP contribution in [0.15, 0.2) is 0 Å². The van der Waals surface area contributed by atoms with E-state index in [1.807, 2.05) is 39.3 Å². The first kappa shape index (κ1) is 15.7. The second-order valence-corrected chi connectivity index (χ2v) is 4.89. The van der Waals surface area contributed by atoms with Gasteiger partial charge in [-0.3, -0.25) is 9.48 Å². The number of rotatable bonds is 7. The Bertz CT molecular complexity index is 425. The molecule has 0 bridgehead atoms. The lowest BCUT2D eigenvalue weighted by molar-refractivity contribution is 0.0757. The van der Waals surface area contributed by atoms with E-state index >= 15 is 0 Å². The van der Waals surface area contributed by atoms with Gasteiger partial charge >= 0.3 is 0 Å². The number of nitrogens with one attached hydrogen (secondary N) is 1. The molecule has 0 unspecified atom stereocenters. The third kappa shape index (κ3) is 4.35. The van der Waals surface area contributed by atoms with Crippen molar-refractivity contribution in [3.8, 4) is 0 Å². The minimum Gasteiger partial charge on any atom is -0.379 e. The van der Waals surface area contributed by atoms with Gasteiger partial charge in [-0.05, 0) is 41.0 Å². The van der Waals surface area contributed by atoms with Crippen LogP contribution in [0.5, 0.6) is 0 Å². The van der Waals surface area contributed by atoms with E-state index in [-0.39, 0.29) is 12.0 Å². The highest BCUT2D eigenvalue weighted by Crippen LogP contribution is 2.12. The Kier molecular flexibility index (Phi) is 6.02. The van der Waals surface area contributed by atoms with E-state index in [1.165, 1.54) is 0 Å². The van der Waals surface area contributed by atoms with Gasteiger partial charge < -0.3 is 10.1 Å². The molecule has 1 aromatic heterocycles. The largest absolute Gasteiger partial charge is 0.379 e. The standard InChI is InChI=1S/C14H25N3O2/c1-6-17-12(5)13(11(4)16-17)14(18)15-8-7-9-19-10(2)3/h10H,6-9H2,1-5H3,(H,15,18). The molecule has 0 aliphatic carbocycles. The predicted octanol–water partition coefficient (Wildman–Crippen LogP) is 2.06. The molecule has 5 nitrogen and oxygen atoms in total. The van der Waals surface area contributed by atoms with Gasteiger partial charge in [0.1, 0.15) is 0 Å². The number of aryl methyl sites for hydroxylation is 2. The number of ether oxygens (including phenoxy) is 1. The summed E-state index contributed by atoms with van der Waals surface area (Å²) in [7, 11) is 0. The van der Waals surface area contributed by atoms with Gasteiger partial charge in [-0.1, -0.05) is 0 Å². The quantitative estimate of drug-likeness (QED) is 0.769. The maximum atomic E-state index is 12.1. The maximum Gasteiger partial charge on any atom is 0.255 e. The van der Waals surface area contributed by atoms with Crippen LogP contribution in [0.25, 0.3) is 0 Å². The lowest BCUT2D eigenvalue weighted by Crippen LogP contribution is -2.26. The summed E-state index contributed by atoms with van der Waals surface area (Å²) in [5.74, 6) is -0.0424. The van der Waals surface area contributed by atoms with Gasteiger partial charge in [0.25, 0.3) is 5.91 Å². The van der Waals surface area contributed by atoms with Crippen molar-refractivity contribution >= 4 is 5.91 Å². The van der Waals surface area contributed by atoms with E-state index < -0.39 is 0 Å². The number of amides is 1. The Balaban J connectivity index is 2.48. The monoisotopic (exact) mass is 267 g/mol. The number of aromatic nitrogens is 2. The lowest BCUT2D eigenvalue weighted by atomic mass is 10.2. The first-order valence-corrected chi connectivity index (χ1v) is 6.91. The van der Waals surface area contributed by atoms with Gasteiger partial charge in [0.05, 0.1) is 17.4 Å². The smallest absolute Gasteiger partial charge is 0.255 e. The molecule has 0 saturated carbocycles. The summed E-state index contributed by atoms with van der Waals surface area (Å²) >= 11 is 0. The molecule has 5 heteroatoms. The van der Waals surface area contributed by atoms with Crippen molar-refractivity contribution in [2.45, 2.75) is 53.7 Å². The van der Waals surface area contributed by atoms with Crippen LogP contribution in [0.4, 0.5) is 0 Å². The van der Waals surface area contributed by atoms with Gasteiger partial charge in [0.2, 0.25) is 0 Å². The first-order valence-electron chi connectivity index (χ1n) is 6.91. The molecule has 0 atom stereocenters. The van der Waals surface area contributed by atoms with Crippen LogP contribution in [-0.2, 0) is 11.3 Å². The molecule has 0 aliphatic heterocycles. The van der Waals surface area contributed by atoms with Crippen molar-refractivity contribution in [1.82, 2.24) is 15.1 Å². The fourth-order valence-corrected chi connectivity index (χ4v) is 2.01. The molecule has 0 saturated heterocycles. The molecule has 1 heterocycles. The third-order valence-electron chi connectivity index (χ3n) is 2.97. The van der Waals surface area contributed by atoms with Crippen molar-refractivity contribution < 1.29 is 9.53 Å². The molecule has 0 radical (unpaired) electrons. The van der Waals surface area contributed by atoms with Crippen LogP contribution < -0.4 is 5.32 Å². The zero-order valence-electron chi connectivity index (χ0n) is 12.6. The number of hydrogen-bond acceptors (Lipinski definition) is 3. The van der Waals surface area contributed by atoms with Crippen LogP contribution in [-0.4, -0.2) is 34.9 Å². The van der Waals surface area contributed by atoms with E-state index in [2.05, 4.69) is 10.4 Å². The summed E-state index contributed by atoms with van der Waals surface area (Å²) in [5.41, 5.74) is 2.41. The molecule has 1 N–H and O–H groups in total. The molecule has 0 aliphatic rings. The molecule has 0 fully saturated rings. The third-order valence-corrected chi connectivity index (χ3v) is 2.97. The SMILES string of the molecule is CCn1nc(C)c(C(=O)NCCCOC(C)C)c1C. The molecular formula is C14H25N3O2. The predicted molar refractivity (Wildman–Crippen MR) is 75.4 cm³/mol. The highest BCUT2D eigenvalue weighted by Gasteiger charge is 2.17. The molecule has 108 valence electrons. The Labute approximate surface area is 115 Å². The van der Waals surface area contributed by atoms with Crippen LogP contribution in [0.3, 0.4) is 0 Å². The maximum absolute atomic E-state index is 12.1. The van der Waals surface area contributed by atoms with Gasteiger partial charge in [-0.15, -0.1) is 0 Å². The van der Waals surface area contributed by atoms with Crippen LogP contribution in [0, 0.1) is 13.8 Å². The zero-order valence-corrected chi connectivity index (χ0v) is 12.6. The molecule has 1 aromatic rings. The van der Waals surface area contributed by atoms with E-state index in [0.29, 0.717) is 18.7 Å². The summed E-state index contributed by atoms with van der Waals surface area (Å²) in [6.45, 7) is 11.9. The van der Waals surface area contributed by atoms with E-state index in [4.69, 9.17) is 4.74 Å². The van der Waals surface area contributed by atoms with E-state index in [0.717, 1.165) is 24.4 Å². The van der Waals surface area contributed by atoms with Crippen molar-refractivity contribution in [2.24, 2.45) is 0 Å². The van der Waals surface area contributed by atoms with Crippen molar-refractivity contribution in [3.05, 3.63) is 17.0 Å². The average molecular weight is 267 g/mol. The summed E-state index contributed by atoms with van der Waals surface area (Å²) in [4.78, 5) is 12.1. The second-order valence-electron chi connectivity index (χ2n) is 4.89. The summed E-state index contributed by atoms with van der Waals surface area (Å²) in [5, 5.41) is 7.27. The lowest BCUT2D eigenvalue weighted by Gasteiger charge is -2.08. The Morgan fingerprint density at radius 3 is 2.63 bits per heavy atom. The Morgan fingerprint density at radius 1 is 1.42 bits per heavy atom. The minimum absolute atomic E-state index is 0.0424. The Hall–Kier alpha value is -1.36. The molecule has 1 rings (SSSR count). The topological polar surface area (TPSA) is 56.2 Å². The molecule has 0 spiro atoms. The average Bonchev–Trinajstić information content (AvgIpc) is 2.63. The fourth-order valence-electron chi connectivity index (χ4n) is 2.01. The van der Waals surface area contributed by atoms with Crippen LogP contribution in [0.2, 0.25) is 0 Å². The highest BCUT2D eigenvalue weighted by molar-refractivity contribution is 5.96. The van der Waals surface area contributed by atoms with Gasteiger partial charge in [0.15, 0.2) is 0 Å². The summed E-state index contributed by atoms with van der Waals surface area (Å²) in [6.07, 6.45) is 1.06. The van der Waals surface area contributed by atoms with Crippen molar-refractivity contribution in [3.63, 3.8) is 0 Å². The highest BCUT2D eigenvalue weighted by atomic mass is 16.5. The summed E-state index contributed by atoms with van der Waals surface area (Å²) in [6, 6.07) is 0. The second kappa shape index (κ2) is 7.28. The van der Waals surface area contributed by atoms with Gasteiger partial charge in [0, 0.05) is 25.4 Å². The Morgan fingerprint density at radius 2 is 2.11 bits per heavy atom. The van der Waals surface area contributed by atoms with Crippen molar-refractivity contribution in [2.75, 3.05) is 13.2 Å². The fraction of sp³-hybridized carbons (Fsp3) is 0.714. The number of carbonyl (C=O) groups excluding carboxylic acids is 1. The van der Waals surface area contributed by atoms with Crippen LogP contribution >= 0.6 is 0 Å². The molecule has 0 aromatic carbocycles. The molecular weight excluding hydrogens is 242 g/mol. The zero-order chi connectivity index (χ0) is 14.4. The number of nitrogens with zero attached hydrogens (tertiary/aromatic N) is 2. The minimum atomic E-state index is -0.0424. The van der Waals surface area contributed by atoms with Crippen LogP contribution in [0.1, 0.15) is 48.9 Å². The van der Waals surface area contributed by atoms with Gasteiger partial charge in [-0.2, -0.15) is 5.10 Å². The van der Waals surface area contributed by atoms with Crippen molar-refractivity contribution in [1.29, 1.82) is 0 Å².